The molecule has 10 heteroatoms. The number of nitrogens with one attached hydrogen (secondary N) is 1. The molecule has 4 atom stereocenters. The van der Waals surface area contributed by atoms with E-state index in [1.165, 1.54) is 11.8 Å². The second kappa shape index (κ2) is 12.0. The van der Waals surface area contributed by atoms with Crippen LogP contribution in [0.5, 0.6) is 0 Å². The number of esters is 1. The Morgan fingerprint density at radius 2 is 2.00 bits per heavy atom. The third-order valence-corrected chi connectivity index (χ3v) is 5.42. The Morgan fingerprint density at radius 3 is 2.65 bits per heavy atom. The fraction of sp³-hybridized carbons (Fsp3) is 0.762. The predicted molar refractivity (Wildman–Crippen MR) is 114 cm³/mol. The minimum Gasteiger partial charge on any atom is -0.463 e. The normalized spacial score (nSPS) is 26.5. The van der Waals surface area contributed by atoms with Gasteiger partial charge in [-0.2, -0.15) is 0 Å². The number of amides is 2. The van der Waals surface area contributed by atoms with Crippen molar-refractivity contribution in [3.05, 3.63) is 11.6 Å². The van der Waals surface area contributed by atoms with Crippen molar-refractivity contribution in [1.82, 2.24) is 15.1 Å². The summed E-state index contributed by atoms with van der Waals surface area (Å²) in [6, 6.07) is -0.939. The van der Waals surface area contributed by atoms with E-state index in [1.807, 2.05) is 6.08 Å². The topological polar surface area (TPSA) is 123 Å². The maximum absolute atomic E-state index is 12.3. The number of carbonyl (C=O) groups is 3. The first-order chi connectivity index (χ1) is 14.7. The zero-order valence-corrected chi connectivity index (χ0v) is 19.0. The van der Waals surface area contributed by atoms with Gasteiger partial charge in [0.25, 0.3) is 0 Å². The monoisotopic (exact) mass is 440 g/mol. The predicted octanol–water partition coefficient (Wildman–Crippen LogP) is 0.259. The van der Waals surface area contributed by atoms with Crippen molar-refractivity contribution in [2.75, 3.05) is 47.0 Å². The molecule has 1 heterocycles. The lowest BCUT2D eigenvalue weighted by atomic mass is 9.85. The van der Waals surface area contributed by atoms with Gasteiger partial charge in [0.2, 0.25) is 5.91 Å². The zero-order chi connectivity index (χ0) is 23.0. The number of likely N-dealkylation sites (tertiary alicyclic amines) is 1. The number of rotatable bonds is 8. The molecule has 0 bridgehead atoms. The van der Waals surface area contributed by atoms with Crippen LogP contribution in [0.1, 0.15) is 33.1 Å². The van der Waals surface area contributed by atoms with Gasteiger partial charge in [-0.05, 0) is 32.7 Å². The molecule has 0 radical (unpaired) electrons. The van der Waals surface area contributed by atoms with Gasteiger partial charge in [0.15, 0.2) is 0 Å². The molecule has 31 heavy (non-hydrogen) atoms. The van der Waals surface area contributed by atoms with Crippen molar-refractivity contribution in [2.24, 2.45) is 5.73 Å². The lowest BCUT2D eigenvalue weighted by Crippen LogP contribution is -2.62. The molecule has 1 aliphatic carbocycles. The molecule has 1 aliphatic heterocycles. The molecule has 1 fully saturated rings. The van der Waals surface area contributed by atoms with E-state index >= 15 is 0 Å². The molecule has 0 aromatic carbocycles. The van der Waals surface area contributed by atoms with Gasteiger partial charge in [0, 0.05) is 39.2 Å². The van der Waals surface area contributed by atoms with E-state index in [4.69, 9.17) is 19.9 Å². The SMILES string of the molecule is CCOC(=O)C1=C[C@@H](N2CCC[C@H](OCCOC(=O)N(C)C)C2)[C@H](NC(C)=O)[C@@H](N)C1. The average molecular weight is 441 g/mol. The average Bonchev–Trinajstić information content (AvgIpc) is 2.72. The van der Waals surface area contributed by atoms with Crippen LogP contribution in [0, 0.1) is 0 Å². The van der Waals surface area contributed by atoms with Crippen molar-refractivity contribution < 1.29 is 28.6 Å². The van der Waals surface area contributed by atoms with Crippen LogP contribution < -0.4 is 11.1 Å². The van der Waals surface area contributed by atoms with Crippen LogP contribution >= 0.6 is 0 Å². The molecule has 3 N–H and O–H groups in total. The quantitative estimate of drug-likeness (QED) is 0.407. The van der Waals surface area contributed by atoms with Crippen molar-refractivity contribution in [2.45, 2.75) is 57.3 Å². The first-order valence-electron chi connectivity index (χ1n) is 10.8. The highest BCUT2D eigenvalue weighted by Gasteiger charge is 2.39. The summed E-state index contributed by atoms with van der Waals surface area (Å²) in [6.45, 7) is 5.44. The molecule has 1 saturated heterocycles. The van der Waals surface area contributed by atoms with E-state index in [0.717, 1.165) is 19.4 Å². The van der Waals surface area contributed by atoms with Crippen LogP contribution in [0.15, 0.2) is 11.6 Å². The number of nitrogens with zero attached hydrogens (tertiary/aromatic N) is 2. The maximum atomic E-state index is 12.3. The largest absolute Gasteiger partial charge is 0.463 e. The number of carbonyl (C=O) groups excluding carboxylic acids is 3. The maximum Gasteiger partial charge on any atom is 0.409 e. The molecule has 0 unspecified atom stereocenters. The summed E-state index contributed by atoms with van der Waals surface area (Å²) in [7, 11) is 3.25. The second-order valence-corrected chi connectivity index (χ2v) is 8.14. The highest BCUT2D eigenvalue weighted by molar-refractivity contribution is 5.89. The van der Waals surface area contributed by atoms with Gasteiger partial charge in [-0.3, -0.25) is 9.69 Å². The molecule has 176 valence electrons. The van der Waals surface area contributed by atoms with Gasteiger partial charge in [-0.1, -0.05) is 6.08 Å². The molecule has 0 spiro atoms. The Morgan fingerprint density at radius 1 is 1.26 bits per heavy atom. The molecular formula is C21H36N4O6. The van der Waals surface area contributed by atoms with Gasteiger partial charge in [-0.25, -0.2) is 9.59 Å². The smallest absolute Gasteiger partial charge is 0.409 e. The minimum absolute atomic E-state index is 0.0395. The summed E-state index contributed by atoms with van der Waals surface area (Å²) >= 11 is 0. The van der Waals surface area contributed by atoms with Crippen LogP contribution in [0.2, 0.25) is 0 Å². The van der Waals surface area contributed by atoms with E-state index in [-0.39, 0.29) is 36.7 Å². The van der Waals surface area contributed by atoms with Crippen molar-refractivity contribution in [3.8, 4) is 0 Å². The van der Waals surface area contributed by atoms with Crippen LogP contribution in [-0.4, -0.2) is 99.0 Å². The molecule has 2 rings (SSSR count). The Bertz CT molecular complexity index is 668. The first-order valence-corrected chi connectivity index (χ1v) is 10.8. The van der Waals surface area contributed by atoms with Gasteiger partial charge in [0.05, 0.1) is 31.4 Å². The molecular weight excluding hydrogens is 404 g/mol. The van der Waals surface area contributed by atoms with E-state index in [0.29, 0.717) is 31.8 Å². The Kier molecular flexibility index (Phi) is 9.73. The Hall–Kier alpha value is -2.17. The standard InChI is InChI=1S/C21H36N4O6/c1-5-29-20(27)15-11-17(22)19(23-14(2)26)18(12-15)25-8-6-7-16(13-25)30-9-10-31-21(28)24(3)4/h12,16-19H,5-11,13,22H2,1-4H3,(H,23,26)/t16-,17-,18+,19+/m0/s1. The van der Waals surface area contributed by atoms with E-state index in [1.54, 1.807) is 21.0 Å². The van der Waals surface area contributed by atoms with Gasteiger partial charge < -0.3 is 30.2 Å². The summed E-state index contributed by atoms with van der Waals surface area (Å²) < 4.78 is 16.2. The highest BCUT2D eigenvalue weighted by atomic mass is 16.6. The zero-order valence-electron chi connectivity index (χ0n) is 19.0. The molecule has 2 amide bonds. The number of nitrogens with two attached hydrogens (primary N) is 1. The summed E-state index contributed by atoms with van der Waals surface area (Å²) in [5.74, 6) is -0.525. The van der Waals surface area contributed by atoms with Gasteiger partial charge in [-0.15, -0.1) is 0 Å². The van der Waals surface area contributed by atoms with Gasteiger partial charge >= 0.3 is 12.1 Å². The molecule has 2 aliphatic rings. The van der Waals surface area contributed by atoms with Crippen LogP contribution in [0.4, 0.5) is 4.79 Å². The Labute approximate surface area is 184 Å². The van der Waals surface area contributed by atoms with Gasteiger partial charge in [0.1, 0.15) is 6.61 Å². The number of hydrogen-bond acceptors (Lipinski definition) is 8. The molecule has 0 aromatic heterocycles. The molecule has 0 aromatic rings. The molecule has 10 nitrogen and oxygen atoms in total. The van der Waals surface area contributed by atoms with E-state index in [2.05, 4.69) is 10.2 Å². The van der Waals surface area contributed by atoms with E-state index < -0.39 is 12.1 Å². The summed E-state index contributed by atoms with van der Waals surface area (Å²) in [4.78, 5) is 39.1. The lowest BCUT2D eigenvalue weighted by Gasteiger charge is -2.44. The van der Waals surface area contributed by atoms with Crippen molar-refractivity contribution in [1.29, 1.82) is 0 Å². The summed E-state index contributed by atoms with van der Waals surface area (Å²) in [5.41, 5.74) is 6.90. The minimum atomic E-state index is -0.403. The van der Waals surface area contributed by atoms with E-state index in [9.17, 15) is 14.4 Å². The lowest BCUT2D eigenvalue weighted by molar-refractivity contribution is -0.138. The number of hydrogen-bond donors (Lipinski definition) is 2. The number of ether oxygens (including phenoxy) is 3. The van der Waals surface area contributed by atoms with Crippen molar-refractivity contribution >= 4 is 18.0 Å². The summed E-state index contributed by atoms with van der Waals surface area (Å²) in [6.07, 6.45) is 3.58. The van der Waals surface area contributed by atoms with Crippen molar-refractivity contribution in [3.63, 3.8) is 0 Å². The number of piperidine rings is 1. The van der Waals surface area contributed by atoms with Crippen LogP contribution in [-0.2, 0) is 23.8 Å². The van der Waals surface area contributed by atoms with Crippen LogP contribution in [0.3, 0.4) is 0 Å². The third-order valence-electron chi connectivity index (χ3n) is 5.42. The fourth-order valence-electron chi connectivity index (χ4n) is 3.99. The highest BCUT2D eigenvalue weighted by Crippen LogP contribution is 2.26. The summed E-state index contributed by atoms with van der Waals surface area (Å²) in [5, 5.41) is 2.96. The van der Waals surface area contributed by atoms with Crippen LogP contribution in [0.25, 0.3) is 0 Å². The fourth-order valence-corrected chi connectivity index (χ4v) is 3.99. The Balaban J connectivity index is 2.04. The molecule has 0 saturated carbocycles. The second-order valence-electron chi connectivity index (χ2n) is 8.14. The third kappa shape index (κ3) is 7.48. The first kappa shape index (κ1) is 25.1.